The SMILES string of the molecule is CCCCNC(=S)c1ccc2c(c1)N([C@H](C)CN1CCCC1)c1ccccc1S2. The molecule has 2 aliphatic rings. The summed E-state index contributed by atoms with van der Waals surface area (Å²) in [5, 5.41) is 3.43. The maximum absolute atomic E-state index is 5.69. The predicted octanol–water partition coefficient (Wildman–Crippen LogP) is 5.84. The first-order valence-corrected chi connectivity index (χ1v) is 12.1. The molecule has 29 heavy (non-hydrogen) atoms. The van der Waals surface area contributed by atoms with E-state index < -0.39 is 0 Å². The van der Waals surface area contributed by atoms with Gasteiger partial charge in [-0.05, 0) is 63.5 Å². The minimum Gasteiger partial charge on any atom is -0.376 e. The van der Waals surface area contributed by atoms with Crippen molar-refractivity contribution < 1.29 is 0 Å². The second-order valence-electron chi connectivity index (χ2n) is 8.09. The number of unbranched alkanes of at least 4 members (excludes halogenated alkanes) is 1. The van der Waals surface area contributed by atoms with Gasteiger partial charge in [-0.15, -0.1) is 0 Å². The lowest BCUT2D eigenvalue weighted by Gasteiger charge is -2.39. The molecule has 0 spiro atoms. The number of nitrogens with zero attached hydrogens (tertiary/aromatic N) is 2. The molecule has 2 aromatic carbocycles. The van der Waals surface area contributed by atoms with Crippen LogP contribution in [0.2, 0.25) is 0 Å². The van der Waals surface area contributed by atoms with Gasteiger partial charge in [-0.2, -0.15) is 0 Å². The van der Waals surface area contributed by atoms with Gasteiger partial charge in [0.1, 0.15) is 4.99 Å². The fourth-order valence-corrected chi connectivity index (χ4v) is 5.58. The van der Waals surface area contributed by atoms with Crippen LogP contribution in [0.1, 0.15) is 45.1 Å². The van der Waals surface area contributed by atoms with Crippen molar-refractivity contribution in [1.82, 2.24) is 10.2 Å². The van der Waals surface area contributed by atoms with E-state index in [0.29, 0.717) is 6.04 Å². The molecule has 3 nitrogen and oxygen atoms in total. The highest BCUT2D eigenvalue weighted by molar-refractivity contribution is 7.99. The molecule has 2 heterocycles. The fourth-order valence-electron chi connectivity index (χ4n) is 4.30. The molecule has 2 aliphatic heterocycles. The summed E-state index contributed by atoms with van der Waals surface area (Å²) < 4.78 is 0. The fraction of sp³-hybridized carbons (Fsp3) is 0.458. The van der Waals surface area contributed by atoms with Gasteiger partial charge in [0.25, 0.3) is 0 Å². The summed E-state index contributed by atoms with van der Waals surface area (Å²) in [4.78, 5) is 8.66. The van der Waals surface area contributed by atoms with Crippen LogP contribution in [0.3, 0.4) is 0 Å². The van der Waals surface area contributed by atoms with Gasteiger partial charge in [0.2, 0.25) is 0 Å². The van der Waals surface area contributed by atoms with E-state index >= 15 is 0 Å². The van der Waals surface area contributed by atoms with Gasteiger partial charge in [-0.3, -0.25) is 0 Å². The molecule has 0 aliphatic carbocycles. The van der Waals surface area contributed by atoms with Gasteiger partial charge in [-0.25, -0.2) is 0 Å². The van der Waals surface area contributed by atoms with Crippen molar-refractivity contribution in [3.8, 4) is 0 Å². The Bertz CT molecular complexity index is 861. The average molecular weight is 426 g/mol. The smallest absolute Gasteiger partial charge is 0.106 e. The van der Waals surface area contributed by atoms with Crippen molar-refractivity contribution in [2.45, 2.75) is 55.4 Å². The normalized spacial score (nSPS) is 17.0. The first-order valence-electron chi connectivity index (χ1n) is 10.9. The third-order valence-electron chi connectivity index (χ3n) is 5.80. The second kappa shape index (κ2) is 9.50. The van der Waals surface area contributed by atoms with Crippen molar-refractivity contribution in [3.63, 3.8) is 0 Å². The van der Waals surface area contributed by atoms with Crippen LogP contribution in [0.15, 0.2) is 52.3 Å². The number of likely N-dealkylation sites (tertiary alicyclic amines) is 1. The Kier molecular flexibility index (Phi) is 6.78. The maximum Gasteiger partial charge on any atom is 0.106 e. The standard InChI is InChI=1S/C24H31N3S2/c1-3-4-13-25-24(28)19-11-12-23-21(16-19)27(18(2)17-26-14-7-8-15-26)20-9-5-6-10-22(20)29-23/h5-6,9-12,16,18H,3-4,7-8,13-15,17H2,1-2H3,(H,25,28)/t18-/m1/s1. The van der Waals surface area contributed by atoms with Gasteiger partial charge in [0.15, 0.2) is 0 Å². The number of thiocarbonyl (C=S) groups is 1. The summed E-state index contributed by atoms with van der Waals surface area (Å²) in [6.07, 6.45) is 4.98. The quantitative estimate of drug-likeness (QED) is 0.442. The monoisotopic (exact) mass is 425 g/mol. The molecule has 0 unspecified atom stereocenters. The van der Waals surface area contributed by atoms with Crippen LogP contribution in [0.25, 0.3) is 0 Å². The van der Waals surface area contributed by atoms with Gasteiger partial charge >= 0.3 is 0 Å². The lowest BCUT2D eigenvalue weighted by molar-refractivity contribution is 0.319. The third-order valence-corrected chi connectivity index (χ3v) is 7.31. The number of rotatable bonds is 7. The lowest BCUT2D eigenvalue weighted by atomic mass is 10.1. The Morgan fingerprint density at radius 1 is 1.10 bits per heavy atom. The summed E-state index contributed by atoms with van der Waals surface area (Å²) in [6.45, 7) is 9.07. The van der Waals surface area contributed by atoms with Gasteiger partial charge in [-0.1, -0.05) is 55.5 Å². The molecule has 0 saturated carbocycles. The molecule has 0 aromatic heterocycles. The molecule has 2 aromatic rings. The molecule has 0 radical (unpaired) electrons. The minimum atomic E-state index is 0.408. The Morgan fingerprint density at radius 3 is 2.66 bits per heavy atom. The lowest BCUT2D eigenvalue weighted by Crippen LogP contribution is -2.40. The summed E-state index contributed by atoms with van der Waals surface area (Å²) in [5.74, 6) is 0. The van der Waals surface area contributed by atoms with E-state index in [-0.39, 0.29) is 0 Å². The topological polar surface area (TPSA) is 18.5 Å². The molecule has 1 fully saturated rings. The summed E-state index contributed by atoms with van der Waals surface area (Å²) >= 11 is 7.56. The molecule has 154 valence electrons. The van der Waals surface area contributed by atoms with Crippen LogP contribution in [0.4, 0.5) is 11.4 Å². The summed E-state index contributed by atoms with van der Waals surface area (Å²) in [6, 6.07) is 15.9. The Morgan fingerprint density at radius 2 is 1.86 bits per heavy atom. The van der Waals surface area contributed by atoms with Crippen molar-refractivity contribution in [2.75, 3.05) is 31.1 Å². The van der Waals surface area contributed by atoms with Crippen molar-refractivity contribution in [1.29, 1.82) is 0 Å². The number of hydrogen-bond acceptors (Lipinski definition) is 4. The van der Waals surface area contributed by atoms with Crippen LogP contribution in [0.5, 0.6) is 0 Å². The maximum atomic E-state index is 5.69. The van der Waals surface area contributed by atoms with E-state index in [2.05, 4.69) is 71.4 Å². The molecule has 1 N–H and O–H groups in total. The Labute approximate surface area is 184 Å². The molecule has 1 saturated heterocycles. The van der Waals surface area contributed by atoms with E-state index in [9.17, 15) is 0 Å². The van der Waals surface area contributed by atoms with E-state index in [0.717, 1.165) is 30.1 Å². The van der Waals surface area contributed by atoms with Crippen molar-refractivity contribution in [2.24, 2.45) is 0 Å². The molecular formula is C24H31N3S2. The van der Waals surface area contributed by atoms with Gasteiger partial charge in [0, 0.05) is 34.5 Å². The number of hydrogen-bond donors (Lipinski definition) is 1. The van der Waals surface area contributed by atoms with E-state index in [1.54, 1.807) is 0 Å². The molecule has 4 rings (SSSR count). The third kappa shape index (κ3) is 4.62. The molecule has 1 atom stereocenters. The van der Waals surface area contributed by atoms with Crippen LogP contribution >= 0.6 is 24.0 Å². The number of anilines is 2. The van der Waals surface area contributed by atoms with Crippen LogP contribution in [0, 0.1) is 0 Å². The minimum absolute atomic E-state index is 0.408. The van der Waals surface area contributed by atoms with Gasteiger partial charge < -0.3 is 15.1 Å². The van der Waals surface area contributed by atoms with Gasteiger partial charge in [0.05, 0.1) is 11.4 Å². The largest absolute Gasteiger partial charge is 0.376 e. The Hall–Kier alpha value is -1.56. The first kappa shape index (κ1) is 20.7. The predicted molar refractivity (Wildman–Crippen MR) is 129 cm³/mol. The highest BCUT2D eigenvalue weighted by atomic mass is 32.2. The van der Waals surface area contributed by atoms with E-state index in [1.165, 1.54) is 53.5 Å². The van der Waals surface area contributed by atoms with E-state index in [4.69, 9.17) is 12.2 Å². The molecule has 5 heteroatoms. The van der Waals surface area contributed by atoms with Crippen LogP contribution in [-0.2, 0) is 0 Å². The number of nitrogens with one attached hydrogen (secondary N) is 1. The van der Waals surface area contributed by atoms with Crippen LogP contribution in [-0.4, -0.2) is 42.1 Å². The van der Waals surface area contributed by atoms with Crippen molar-refractivity contribution >= 4 is 40.3 Å². The number of para-hydroxylation sites is 1. The Balaban J connectivity index is 1.64. The van der Waals surface area contributed by atoms with Crippen LogP contribution < -0.4 is 10.2 Å². The highest BCUT2D eigenvalue weighted by Crippen LogP contribution is 2.49. The zero-order valence-electron chi connectivity index (χ0n) is 17.5. The highest BCUT2D eigenvalue weighted by Gasteiger charge is 2.29. The number of fused-ring (bicyclic) bond motifs is 2. The van der Waals surface area contributed by atoms with E-state index in [1.807, 2.05) is 11.8 Å². The zero-order valence-corrected chi connectivity index (χ0v) is 19.1. The molecular weight excluding hydrogens is 394 g/mol. The zero-order chi connectivity index (χ0) is 20.2. The number of benzene rings is 2. The second-order valence-corrected chi connectivity index (χ2v) is 9.58. The average Bonchev–Trinajstić information content (AvgIpc) is 3.24. The molecule has 0 bridgehead atoms. The molecule has 0 amide bonds. The van der Waals surface area contributed by atoms with Crippen molar-refractivity contribution in [3.05, 3.63) is 48.0 Å². The first-order chi connectivity index (χ1) is 14.2. The summed E-state index contributed by atoms with van der Waals surface area (Å²) in [7, 11) is 0. The summed E-state index contributed by atoms with van der Waals surface area (Å²) in [5.41, 5.74) is 3.73.